The van der Waals surface area contributed by atoms with Crippen LogP contribution in [-0.2, 0) is 6.54 Å². The zero-order valence-electron chi connectivity index (χ0n) is 14.0. The Balaban J connectivity index is 1.65. The lowest BCUT2D eigenvalue weighted by molar-refractivity contribution is 0.111. The topological polar surface area (TPSA) is 75.0 Å². The molecule has 1 aromatic carbocycles. The molecule has 3 aromatic rings. The molecule has 0 saturated carbocycles. The van der Waals surface area contributed by atoms with Crippen LogP contribution in [0.1, 0.15) is 42.6 Å². The van der Waals surface area contributed by atoms with Crippen molar-refractivity contribution in [1.82, 2.24) is 20.0 Å². The van der Waals surface area contributed by atoms with E-state index in [0.29, 0.717) is 29.3 Å². The van der Waals surface area contributed by atoms with E-state index in [0.717, 1.165) is 31.2 Å². The molecule has 130 valence electrons. The summed E-state index contributed by atoms with van der Waals surface area (Å²) in [6.07, 6.45) is 3.09. The molecule has 25 heavy (non-hydrogen) atoms. The Morgan fingerprint density at radius 3 is 3.04 bits per heavy atom. The van der Waals surface area contributed by atoms with Crippen LogP contribution in [0.4, 0.5) is 4.39 Å². The molecule has 3 heterocycles. The molecular weight excluding hydrogens is 323 g/mol. The van der Waals surface area contributed by atoms with Crippen LogP contribution in [0.15, 0.2) is 33.6 Å². The molecule has 0 spiro atoms. The second-order valence-electron chi connectivity index (χ2n) is 6.52. The predicted octanol–water partition coefficient (Wildman–Crippen LogP) is 3.09. The first-order valence-electron chi connectivity index (χ1n) is 8.46. The van der Waals surface area contributed by atoms with Crippen molar-refractivity contribution in [3.05, 3.63) is 57.7 Å². The Labute approximate surface area is 143 Å². The van der Waals surface area contributed by atoms with E-state index in [-0.39, 0.29) is 17.4 Å². The predicted molar refractivity (Wildman–Crippen MR) is 90.6 cm³/mol. The molecule has 1 unspecified atom stereocenters. The van der Waals surface area contributed by atoms with E-state index < -0.39 is 0 Å². The van der Waals surface area contributed by atoms with Gasteiger partial charge < -0.3 is 9.51 Å². The quantitative estimate of drug-likeness (QED) is 0.792. The van der Waals surface area contributed by atoms with E-state index in [1.807, 2.05) is 6.07 Å². The molecule has 1 aliphatic rings. The van der Waals surface area contributed by atoms with E-state index in [1.165, 1.54) is 12.1 Å². The van der Waals surface area contributed by atoms with Crippen LogP contribution < -0.4 is 5.56 Å². The van der Waals surface area contributed by atoms with Gasteiger partial charge in [-0.1, -0.05) is 11.6 Å². The van der Waals surface area contributed by atoms with Crippen LogP contribution >= 0.6 is 0 Å². The fourth-order valence-electron chi connectivity index (χ4n) is 3.46. The normalized spacial score (nSPS) is 18.7. The second-order valence-corrected chi connectivity index (χ2v) is 6.52. The monoisotopic (exact) mass is 342 g/mol. The summed E-state index contributed by atoms with van der Waals surface area (Å²) in [5.74, 6) is 0.862. The molecule has 0 bridgehead atoms. The largest absolute Gasteiger partial charge is 0.338 e. The number of aromatic amines is 1. The van der Waals surface area contributed by atoms with Gasteiger partial charge in [0, 0.05) is 12.1 Å². The minimum absolute atomic E-state index is 0.0262. The number of piperidine rings is 1. The Morgan fingerprint density at radius 1 is 1.36 bits per heavy atom. The molecule has 2 aromatic heterocycles. The lowest BCUT2D eigenvalue weighted by Crippen LogP contribution is -2.35. The standard InChI is InChI=1S/C18H19FN4O2/c1-11-20-18(25-22-11)16-4-2-3-7-23(16)10-13-8-12-5-6-14(19)9-15(12)21-17(13)24/h5-6,8-9,16H,2-4,7,10H2,1H3,(H,21,24). The molecule has 0 aliphatic carbocycles. The van der Waals surface area contributed by atoms with Crippen LogP contribution in [0.2, 0.25) is 0 Å². The highest BCUT2D eigenvalue weighted by Gasteiger charge is 2.29. The van der Waals surface area contributed by atoms with Crippen molar-refractivity contribution >= 4 is 10.9 Å². The van der Waals surface area contributed by atoms with Crippen molar-refractivity contribution in [1.29, 1.82) is 0 Å². The number of aryl methyl sites for hydroxylation is 1. The number of aromatic nitrogens is 3. The van der Waals surface area contributed by atoms with Gasteiger partial charge in [-0.2, -0.15) is 4.98 Å². The summed E-state index contributed by atoms with van der Waals surface area (Å²) in [6, 6.07) is 6.27. The van der Waals surface area contributed by atoms with E-state index in [4.69, 9.17) is 4.52 Å². The van der Waals surface area contributed by atoms with Gasteiger partial charge in [0.25, 0.3) is 5.56 Å². The molecule has 6 nitrogen and oxygen atoms in total. The fraction of sp³-hybridized carbons (Fsp3) is 0.389. The maximum absolute atomic E-state index is 13.3. The summed E-state index contributed by atoms with van der Waals surface area (Å²) in [7, 11) is 0. The first-order valence-corrected chi connectivity index (χ1v) is 8.46. The Hall–Kier alpha value is -2.54. The van der Waals surface area contributed by atoms with E-state index >= 15 is 0 Å². The van der Waals surface area contributed by atoms with Crippen molar-refractivity contribution < 1.29 is 8.91 Å². The summed E-state index contributed by atoms with van der Waals surface area (Å²) in [4.78, 5) is 21.7. The number of H-pyrrole nitrogens is 1. The Morgan fingerprint density at radius 2 is 2.24 bits per heavy atom. The van der Waals surface area contributed by atoms with Gasteiger partial charge in [-0.05, 0) is 56.0 Å². The summed E-state index contributed by atoms with van der Waals surface area (Å²) < 4.78 is 18.7. The van der Waals surface area contributed by atoms with E-state index in [9.17, 15) is 9.18 Å². The maximum Gasteiger partial charge on any atom is 0.252 e. The number of nitrogens with zero attached hydrogens (tertiary/aromatic N) is 3. The third kappa shape index (κ3) is 3.19. The van der Waals surface area contributed by atoms with Crippen LogP contribution in [0, 0.1) is 12.7 Å². The number of benzene rings is 1. The first kappa shape index (κ1) is 16.0. The number of rotatable bonds is 3. The number of hydrogen-bond donors (Lipinski definition) is 1. The molecule has 1 atom stereocenters. The van der Waals surface area contributed by atoms with E-state index in [1.54, 1.807) is 13.0 Å². The minimum atomic E-state index is -0.362. The summed E-state index contributed by atoms with van der Waals surface area (Å²) in [6.45, 7) is 3.16. The zero-order valence-corrected chi connectivity index (χ0v) is 14.0. The van der Waals surface area contributed by atoms with Gasteiger partial charge in [-0.25, -0.2) is 4.39 Å². The van der Waals surface area contributed by atoms with Crippen LogP contribution in [-0.4, -0.2) is 26.6 Å². The van der Waals surface area contributed by atoms with Crippen LogP contribution in [0.3, 0.4) is 0 Å². The van der Waals surface area contributed by atoms with Gasteiger partial charge >= 0.3 is 0 Å². The smallest absolute Gasteiger partial charge is 0.252 e. The number of likely N-dealkylation sites (tertiary alicyclic amines) is 1. The third-order valence-corrected chi connectivity index (χ3v) is 4.70. The Kier molecular flexibility index (Phi) is 4.09. The summed E-state index contributed by atoms with van der Waals surface area (Å²) in [5.41, 5.74) is 0.975. The van der Waals surface area contributed by atoms with Crippen molar-refractivity contribution in [2.45, 2.75) is 38.8 Å². The molecule has 1 fully saturated rings. The molecule has 7 heteroatoms. The van der Waals surface area contributed by atoms with Gasteiger partial charge in [0.15, 0.2) is 5.82 Å². The van der Waals surface area contributed by atoms with Gasteiger partial charge in [0.05, 0.1) is 11.6 Å². The summed E-state index contributed by atoms with van der Waals surface area (Å²) >= 11 is 0. The molecule has 0 amide bonds. The molecule has 1 saturated heterocycles. The maximum atomic E-state index is 13.3. The molecule has 1 N–H and O–H groups in total. The molecule has 0 radical (unpaired) electrons. The number of fused-ring (bicyclic) bond motifs is 1. The lowest BCUT2D eigenvalue weighted by atomic mass is 10.0. The first-order chi connectivity index (χ1) is 12.1. The minimum Gasteiger partial charge on any atom is -0.338 e. The fourth-order valence-corrected chi connectivity index (χ4v) is 3.46. The van der Waals surface area contributed by atoms with Gasteiger partial charge in [0.1, 0.15) is 5.82 Å². The van der Waals surface area contributed by atoms with Crippen LogP contribution in [0.25, 0.3) is 10.9 Å². The number of hydrogen-bond acceptors (Lipinski definition) is 5. The second kappa shape index (κ2) is 6.40. The molecular formula is C18H19FN4O2. The van der Waals surface area contributed by atoms with Gasteiger partial charge in [-0.3, -0.25) is 9.69 Å². The van der Waals surface area contributed by atoms with Crippen LogP contribution in [0.5, 0.6) is 0 Å². The van der Waals surface area contributed by atoms with Crippen molar-refractivity contribution in [2.24, 2.45) is 0 Å². The highest BCUT2D eigenvalue weighted by atomic mass is 19.1. The molecule has 4 rings (SSSR count). The average molecular weight is 342 g/mol. The van der Waals surface area contributed by atoms with Gasteiger partial charge in [0.2, 0.25) is 5.89 Å². The highest BCUT2D eigenvalue weighted by molar-refractivity contribution is 5.78. The number of halogens is 1. The Bertz CT molecular complexity index is 965. The summed E-state index contributed by atoms with van der Waals surface area (Å²) in [5, 5.41) is 4.70. The zero-order chi connectivity index (χ0) is 17.4. The van der Waals surface area contributed by atoms with E-state index in [2.05, 4.69) is 20.0 Å². The van der Waals surface area contributed by atoms with Gasteiger partial charge in [-0.15, -0.1) is 0 Å². The molecule has 1 aliphatic heterocycles. The SMILES string of the molecule is Cc1noc(C2CCCCN2Cc2cc3ccc(F)cc3[nH]c2=O)n1. The van der Waals surface area contributed by atoms with Crippen molar-refractivity contribution in [2.75, 3.05) is 6.54 Å². The average Bonchev–Trinajstić information content (AvgIpc) is 3.02. The number of pyridine rings is 1. The lowest BCUT2D eigenvalue weighted by Gasteiger charge is -2.33. The third-order valence-electron chi connectivity index (χ3n) is 4.70. The highest BCUT2D eigenvalue weighted by Crippen LogP contribution is 2.31. The number of nitrogens with one attached hydrogen (secondary N) is 1. The van der Waals surface area contributed by atoms with Crippen molar-refractivity contribution in [3.8, 4) is 0 Å². The van der Waals surface area contributed by atoms with Crippen molar-refractivity contribution in [3.63, 3.8) is 0 Å².